The maximum Gasteiger partial charge on any atom is 0.122 e. The standard InChI is InChI=1S/C17H23NOS/c1-4-8-18-16(10-14-7-9-20-12-14)15-6-5-13(2)17(11-15)19-3/h5-7,9,11-12,16,18H,4,8,10H2,1-3H3. The molecule has 1 aromatic carbocycles. The van der Waals surface area contributed by atoms with Crippen molar-refractivity contribution < 1.29 is 4.74 Å². The Morgan fingerprint density at radius 2 is 2.15 bits per heavy atom. The van der Waals surface area contributed by atoms with Gasteiger partial charge in [0.2, 0.25) is 0 Å². The van der Waals surface area contributed by atoms with Crippen molar-refractivity contribution in [3.63, 3.8) is 0 Å². The summed E-state index contributed by atoms with van der Waals surface area (Å²) in [5, 5.41) is 8.01. The maximum atomic E-state index is 5.45. The molecule has 1 N–H and O–H groups in total. The highest BCUT2D eigenvalue weighted by Crippen LogP contribution is 2.26. The van der Waals surface area contributed by atoms with Gasteiger partial charge in [-0.1, -0.05) is 19.1 Å². The Kier molecular flexibility index (Phi) is 5.62. The predicted molar refractivity (Wildman–Crippen MR) is 86.8 cm³/mol. The molecular weight excluding hydrogens is 266 g/mol. The van der Waals surface area contributed by atoms with Crippen LogP contribution in [-0.2, 0) is 6.42 Å². The van der Waals surface area contributed by atoms with Crippen LogP contribution < -0.4 is 10.1 Å². The highest BCUT2D eigenvalue weighted by atomic mass is 32.1. The second-order valence-electron chi connectivity index (χ2n) is 5.07. The summed E-state index contributed by atoms with van der Waals surface area (Å²) in [7, 11) is 1.74. The zero-order valence-corrected chi connectivity index (χ0v) is 13.3. The Labute approximate surface area is 125 Å². The summed E-state index contributed by atoms with van der Waals surface area (Å²) in [5.41, 5.74) is 3.87. The number of hydrogen-bond donors (Lipinski definition) is 1. The van der Waals surface area contributed by atoms with E-state index in [0.717, 1.165) is 25.1 Å². The maximum absolute atomic E-state index is 5.45. The fourth-order valence-corrected chi connectivity index (χ4v) is 3.01. The summed E-state index contributed by atoms with van der Waals surface area (Å²) < 4.78 is 5.45. The molecule has 0 fully saturated rings. The summed E-state index contributed by atoms with van der Waals surface area (Å²) in [6, 6.07) is 9.06. The molecule has 3 heteroatoms. The van der Waals surface area contributed by atoms with Gasteiger partial charge in [0.05, 0.1) is 7.11 Å². The summed E-state index contributed by atoms with van der Waals surface area (Å²) >= 11 is 1.76. The van der Waals surface area contributed by atoms with Crippen LogP contribution in [0.25, 0.3) is 0 Å². The van der Waals surface area contributed by atoms with Gasteiger partial charge in [0.15, 0.2) is 0 Å². The average molecular weight is 289 g/mol. The summed E-state index contributed by atoms with van der Waals surface area (Å²) in [6.07, 6.45) is 2.17. The number of thiophene rings is 1. The lowest BCUT2D eigenvalue weighted by Gasteiger charge is -2.20. The van der Waals surface area contributed by atoms with E-state index in [1.165, 1.54) is 16.7 Å². The van der Waals surface area contributed by atoms with Gasteiger partial charge in [-0.15, -0.1) is 0 Å². The summed E-state index contributed by atoms with van der Waals surface area (Å²) in [4.78, 5) is 0. The van der Waals surface area contributed by atoms with E-state index in [1.54, 1.807) is 18.4 Å². The van der Waals surface area contributed by atoms with Crippen molar-refractivity contribution in [2.24, 2.45) is 0 Å². The zero-order chi connectivity index (χ0) is 14.4. The largest absolute Gasteiger partial charge is 0.496 e. The van der Waals surface area contributed by atoms with E-state index in [4.69, 9.17) is 4.74 Å². The predicted octanol–water partition coefficient (Wildman–Crippen LogP) is 4.35. The van der Waals surface area contributed by atoms with E-state index < -0.39 is 0 Å². The smallest absolute Gasteiger partial charge is 0.122 e. The molecule has 0 aliphatic carbocycles. The minimum Gasteiger partial charge on any atom is -0.496 e. The molecule has 1 unspecified atom stereocenters. The van der Waals surface area contributed by atoms with E-state index in [-0.39, 0.29) is 0 Å². The van der Waals surface area contributed by atoms with Gasteiger partial charge in [-0.05, 0) is 65.9 Å². The molecule has 0 saturated carbocycles. The average Bonchev–Trinajstić information content (AvgIpc) is 2.97. The molecular formula is C17H23NOS. The molecule has 2 nitrogen and oxygen atoms in total. The van der Waals surface area contributed by atoms with Gasteiger partial charge in [0.25, 0.3) is 0 Å². The Hall–Kier alpha value is -1.32. The second kappa shape index (κ2) is 7.46. The normalized spacial score (nSPS) is 12.3. The van der Waals surface area contributed by atoms with Crippen molar-refractivity contribution in [1.29, 1.82) is 0 Å². The number of ether oxygens (including phenoxy) is 1. The van der Waals surface area contributed by atoms with Gasteiger partial charge in [-0.25, -0.2) is 0 Å². The fraction of sp³-hybridized carbons (Fsp3) is 0.412. The number of nitrogens with one attached hydrogen (secondary N) is 1. The van der Waals surface area contributed by atoms with Gasteiger partial charge in [0, 0.05) is 6.04 Å². The van der Waals surface area contributed by atoms with Crippen LogP contribution in [0.15, 0.2) is 35.0 Å². The van der Waals surface area contributed by atoms with E-state index in [0.29, 0.717) is 6.04 Å². The first kappa shape index (κ1) is 15.1. The first-order chi connectivity index (χ1) is 9.74. The van der Waals surface area contributed by atoms with Crippen LogP contribution in [0.5, 0.6) is 5.75 Å². The molecule has 1 heterocycles. The van der Waals surface area contributed by atoms with Crippen LogP contribution in [0.1, 0.15) is 36.1 Å². The number of benzene rings is 1. The molecule has 1 aromatic heterocycles. The first-order valence-electron chi connectivity index (χ1n) is 7.13. The third-order valence-electron chi connectivity index (χ3n) is 3.50. The van der Waals surface area contributed by atoms with Crippen molar-refractivity contribution in [3.8, 4) is 5.75 Å². The monoisotopic (exact) mass is 289 g/mol. The second-order valence-corrected chi connectivity index (χ2v) is 5.85. The van der Waals surface area contributed by atoms with E-state index in [1.807, 2.05) is 0 Å². The van der Waals surface area contributed by atoms with Gasteiger partial charge >= 0.3 is 0 Å². The van der Waals surface area contributed by atoms with Crippen LogP contribution >= 0.6 is 11.3 Å². The summed E-state index contributed by atoms with van der Waals surface area (Å²) in [5.74, 6) is 0.969. The quantitative estimate of drug-likeness (QED) is 0.818. The topological polar surface area (TPSA) is 21.3 Å². The highest BCUT2D eigenvalue weighted by Gasteiger charge is 2.13. The van der Waals surface area contributed by atoms with Gasteiger partial charge in [-0.3, -0.25) is 0 Å². The molecule has 2 aromatic rings. The number of hydrogen-bond acceptors (Lipinski definition) is 3. The van der Waals surface area contributed by atoms with Gasteiger partial charge in [0.1, 0.15) is 5.75 Å². The third-order valence-corrected chi connectivity index (χ3v) is 4.23. The van der Waals surface area contributed by atoms with Crippen molar-refractivity contribution in [2.45, 2.75) is 32.7 Å². The highest BCUT2D eigenvalue weighted by molar-refractivity contribution is 7.07. The van der Waals surface area contributed by atoms with Gasteiger partial charge < -0.3 is 10.1 Å². The molecule has 0 aliphatic rings. The van der Waals surface area contributed by atoms with E-state index in [9.17, 15) is 0 Å². The molecule has 20 heavy (non-hydrogen) atoms. The molecule has 0 saturated heterocycles. The SMILES string of the molecule is CCCNC(Cc1ccsc1)c1ccc(C)c(OC)c1. The van der Waals surface area contributed by atoms with Crippen molar-refractivity contribution in [3.05, 3.63) is 51.7 Å². The molecule has 108 valence electrons. The van der Waals surface area contributed by atoms with Crippen LogP contribution in [0.2, 0.25) is 0 Å². The minimum atomic E-state index is 0.346. The molecule has 0 bridgehead atoms. The lowest BCUT2D eigenvalue weighted by Crippen LogP contribution is -2.24. The fourth-order valence-electron chi connectivity index (χ4n) is 2.32. The van der Waals surface area contributed by atoms with E-state index >= 15 is 0 Å². The molecule has 0 spiro atoms. The van der Waals surface area contributed by atoms with Crippen LogP contribution in [0, 0.1) is 6.92 Å². The number of rotatable bonds is 7. The van der Waals surface area contributed by atoms with Crippen LogP contribution in [-0.4, -0.2) is 13.7 Å². The Balaban J connectivity index is 2.20. The third kappa shape index (κ3) is 3.84. The number of aryl methyl sites for hydroxylation is 1. The lowest BCUT2D eigenvalue weighted by atomic mass is 9.99. The molecule has 0 amide bonds. The zero-order valence-electron chi connectivity index (χ0n) is 12.5. The van der Waals surface area contributed by atoms with Gasteiger partial charge in [-0.2, -0.15) is 11.3 Å². The molecule has 0 radical (unpaired) electrons. The minimum absolute atomic E-state index is 0.346. The first-order valence-corrected chi connectivity index (χ1v) is 8.08. The Morgan fingerprint density at radius 1 is 1.30 bits per heavy atom. The summed E-state index contributed by atoms with van der Waals surface area (Å²) in [6.45, 7) is 5.31. The molecule has 1 atom stereocenters. The number of methoxy groups -OCH3 is 1. The van der Waals surface area contributed by atoms with E-state index in [2.05, 4.69) is 54.2 Å². The molecule has 2 rings (SSSR count). The molecule has 0 aliphatic heterocycles. The lowest BCUT2D eigenvalue weighted by molar-refractivity contribution is 0.409. The Bertz CT molecular complexity index is 522. The van der Waals surface area contributed by atoms with Crippen LogP contribution in [0.3, 0.4) is 0 Å². The Morgan fingerprint density at radius 3 is 2.80 bits per heavy atom. The van der Waals surface area contributed by atoms with Crippen molar-refractivity contribution in [1.82, 2.24) is 5.32 Å². The van der Waals surface area contributed by atoms with Crippen molar-refractivity contribution >= 4 is 11.3 Å². The van der Waals surface area contributed by atoms with Crippen LogP contribution in [0.4, 0.5) is 0 Å². The van der Waals surface area contributed by atoms with Crippen molar-refractivity contribution in [2.75, 3.05) is 13.7 Å².